The van der Waals surface area contributed by atoms with Crippen LogP contribution < -0.4 is 5.73 Å². The third-order valence-electron chi connectivity index (χ3n) is 1.33. The Labute approximate surface area is 68.6 Å². The summed E-state index contributed by atoms with van der Waals surface area (Å²) in [5.74, 6) is 0. The number of alkyl halides is 2. The Morgan fingerprint density at radius 3 is 2.75 bits per heavy atom. The van der Waals surface area contributed by atoms with E-state index in [9.17, 15) is 8.78 Å². The van der Waals surface area contributed by atoms with E-state index in [4.69, 9.17) is 5.73 Å². The summed E-state index contributed by atoms with van der Waals surface area (Å²) >= 11 is 0. The quantitative estimate of drug-likeness (QED) is 0.739. The zero-order valence-electron chi connectivity index (χ0n) is 6.37. The van der Waals surface area contributed by atoms with Gasteiger partial charge in [0, 0.05) is 12.6 Å². The topological polar surface area (TPSA) is 51.8 Å². The summed E-state index contributed by atoms with van der Waals surface area (Å²) in [5.41, 5.74) is 5.45. The molecule has 0 aliphatic carbocycles. The molecule has 0 bridgehead atoms. The van der Waals surface area contributed by atoms with Crippen molar-refractivity contribution in [2.45, 2.75) is 12.8 Å². The predicted molar refractivity (Wildman–Crippen MR) is 39.7 cm³/mol. The number of hydrogen-bond acceptors (Lipinski definition) is 3. The molecule has 0 radical (unpaired) electrons. The van der Waals surface area contributed by atoms with Crippen molar-refractivity contribution in [2.75, 3.05) is 6.54 Å². The summed E-state index contributed by atoms with van der Waals surface area (Å²) in [6, 6.07) is 0. The van der Waals surface area contributed by atoms with Gasteiger partial charge in [-0.2, -0.15) is 0 Å². The maximum absolute atomic E-state index is 12.1. The number of nitrogens with zero attached hydrogens (tertiary/aromatic N) is 2. The molecule has 1 aromatic heterocycles. The van der Waals surface area contributed by atoms with Gasteiger partial charge in [-0.25, -0.2) is 13.8 Å². The first-order valence-electron chi connectivity index (χ1n) is 3.53. The normalized spacial score (nSPS) is 10.7. The fourth-order valence-corrected chi connectivity index (χ4v) is 0.797. The molecular weight excluding hydrogens is 164 g/mol. The highest BCUT2D eigenvalue weighted by Gasteiger charge is 2.08. The summed E-state index contributed by atoms with van der Waals surface area (Å²) in [5, 5.41) is 0. The van der Waals surface area contributed by atoms with Gasteiger partial charge in [-0.15, -0.1) is 0 Å². The van der Waals surface area contributed by atoms with E-state index in [1.54, 1.807) is 0 Å². The van der Waals surface area contributed by atoms with Crippen LogP contribution in [0.1, 0.15) is 17.8 Å². The molecule has 5 heteroatoms. The van der Waals surface area contributed by atoms with Gasteiger partial charge in [0.05, 0.1) is 11.9 Å². The SMILES string of the molecule is NCCc1cncc(C(F)F)n1. The van der Waals surface area contributed by atoms with E-state index in [1.807, 2.05) is 0 Å². The first-order valence-corrected chi connectivity index (χ1v) is 3.53. The second-order valence-corrected chi connectivity index (χ2v) is 2.27. The van der Waals surface area contributed by atoms with Crippen LogP contribution in [-0.4, -0.2) is 16.5 Å². The Hall–Kier alpha value is -1.10. The highest BCUT2D eigenvalue weighted by Crippen LogP contribution is 2.14. The number of hydrogen-bond donors (Lipinski definition) is 1. The van der Waals surface area contributed by atoms with Gasteiger partial charge in [0.2, 0.25) is 0 Å². The minimum Gasteiger partial charge on any atom is -0.330 e. The maximum Gasteiger partial charge on any atom is 0.281 e. The van der Waals surface area contributed by atoms with Crippen molar-refractivity contribution in [3.63, 3.8) is 0 Å². The zero-order chi connectivity index (χ0) is 8.97. The number of halogens is 2. The van der Waals surface area contributed by atoms with Crippen LogP contribution in [0, 0.1) is 0 Å². The summed E-state index contributed by atoms with van der Waals surface area (Å²) in [6.07, 6.45) is 0.423. The lowest BCUT2D eigenvalue weighted by Crippen LogP contribution is -2.06. The minimum atomic E-state index is -2.56. The second kappa shape index (κ2) is 4.06. The van der Waals surface area contributed by atoms with E-state index in [2.05, 4.69) is 9.97 Å². The lowest BCUT2D eigenvalue weighted by Gasteiger charge is -2.00. The van der Waals surface area contributed by atoms with Gasteiger partial charge in [-0.3, -0.25) is 4.98 Å². The Morgan fingerprint density at radius 2 is 2.17 bits per heavy atom. The third-order valence-corrected chi connectivity index (χ3v) is 1.33. The Morgan fingerprint density at radius 1 is 1.42 bits per heavy atom. The van der Waals surface area contributed by atoms with Crippen LogP contribution in [0.15, 0.2) is 12.4 Å². The first-order chi connectivity index (χ1) is 5.74. The predicted octanol–water partition coefficient (Wildman–Crippen LogP) is 0.915. The maximum atomic E-state index is 12.1. The van der Waals surface area contributed by atoms with Gasteiger partial charge in [0.25, 0.3) is 6.43 Å². The van der Waals surface area contributed by atoms with Gasteiger partial charge in [0.1, 0.15) is 5.69 Å². The lowest BCUT2D eigenvalue weighted by atomic mass is 10.3. The fraction of sp³-hybridized carbons (Fsp3) is 0.429. The van der Waals surface area contributed by atoms with E-state index in [0.717, 1.165) is 6.20 Å². The van der Waals surface area contributed by atoms with E-state index in [-0.39, 0.29) is 5.69 Å². The molecule has 0 aliphatic heterocycles. The van der Waals surface area contributed by atoms with Crippen LogP contribution >= 0.6 is 0 Å². The summed E-state index contributed by atoms with van der Waals surface area (Å²) < 4.78 is 24.1. The highest BCUT2D eigenvalue weighted by molar-refractivity contribution is 5.04. The molecule has 0 saturated carbocycles. The molecule has 1 rings (SSSR count). The molecule has 1 heterocycles. The van der Waals surface area contributed by atoms with E-state index in [1.165, 1.54) is 6.20 Å². The van der Waals surface area contributed by atoms with Crippen LogP contribution in [0.2, 0.25) is 0 Å². The van der Waals surface area contributed by atoms with Crippen LogP contribution in [0.5, 0.6) is 0 Å². The standard InChI is InChI=1S/C7H9F2N3/c8-7(9)6-4-11-3-5(12-6)1-2-10/h3-4,7H,1-2,10H2. The Kier molecular flexibility index (Phi) is 3.04. The molecule has 66 valence electrons. The molecule has 0 saturated heterocycles. The second-order valence-electron chi connectivity index (χ2n) is 2.27. The molecular formula is C7H9F2N3. The van der Waals surface area contributed by atoms with Crippen molar-refractivity contribution in [3.8, 4) is 0 Å². The van der Waals surface area contributed by atoms with Gasteiger partial charge in [-0.05, 0) is 6.54 Å². The number of aromatic nitrogens is 2. The van der Waals surface area contributed by atoms with Gasteiger partial charge in [0.15, 0.2) is 0 Å². The monoisotopic (exact) mass is 173 g/mol. The molecule has 3 nitrogen and oxygen atoms in total. The Balaban J connectivity index is 2.81. The average Bonchev–Trinajstić information content (AvgIpc) is 2.05. The average molecular weight is 173 g/mol. The van der Waals surface area contributed by atoms with Gasteiger partial charge in [-0.1, -0.05) is 0 Å². The molecule has 12 heavy (non-hydrogen) atoms. The van der Waals surface area contributed by atoms with Gasteiger partial charge < -0.3 is 5.73 Å². The fourth-order valence-electron chi connectivity index (χ4n) is 0.797. The summed E-state index contributed by atoms with van der Waals surface area (Å²) in [4.78, 5) is 7.30. The van der Waals surface area contributed by atoms with Crippen LogP contribution in [0.25, 0.3) is 0 Å². The van der Waals surface area contributed by atoms with Crippen LogP contribution in [0.3, 0.4) is 0 Å². The third kappa shape index (κ3) is 2.20. The molecule has 0 amide bonds. The lowest BCUT2D eigenvalue weighted by molar-refractivity contribution is 0.145. The molecule has 0 unspecified atom stereocenters. The van der Waals surface area contributed by atoms with Crippen molar-refractivity contribution in [2.24, 2.45) is 5.73 Å². The number of rotatable bonds is 3. The van der Waals surface area contributed by atoms with Crippen molar-refractivity contribution in [3.05, 3.63) is 23.8 Å². The van der Waals surface area contributed by atoms with Crippen molar-refractivity contribution >= 4 is 0 Å². The highest BCUT2D eigenvalue weighted by atomic mass is 19.3. The van der Waals surface area contributed by atoms with E-state index in [0.29, 0.717) is 18.7 Å². The molecule has 0 aliphatic rings. The van der Waals surface area contributed by atoms with Crippen molar-refractivity contribution in [1.82, 2.24) is 9.97 Å². The molecule has 0 atom stereocenters. The molecule has 1 aromatic rings. The summed E-state index contributed by atoms with van der Waals surface area (Å²) in [7, 11) is 0. The first kappa shape index (κ1) is 8.99. The largest absolute Gasteiger partial charge is 0.330 e. The minimum absolute atomic E-state index is 0.291. The van der Waals surface area contributed by atoms with Crippen LogP contribution in [0.4, 0.5) is 8.78 Å². The van der Waals surface area contributed by atoms with Gasteiger partial charge >= 0.3 is 0 Å². The van der Waals surface area contributed by atoms with E-state index >= 15 is 0 Å². The van der Waals surface area contributed by atoms with Crippen molar-refractivity contribution in [1.29, 1.82) is 0 Å². The van der Waals surface area contributed by atoms with Crippen molar-refractivity contribution < 1.29 is 8.78 Å². The van der Waals surface area contributed by atoms with E-state index < -0.39 is 6.43 Å². The van der Waals surface area contributed by atoms with Crippen LogP contribution in [-0.2, 0) is 6.42 Å². The molecule has 0 fully saturated rings. The smallest absolute Gasteiger partial charge is 0.281 e. The molecule has 0 aromatic carbocycles. The number of nitrogens with two attached hydrogens (primary N) is 1. The molecule has 0 spiro atoms. The zero-order valence-corrected chi connectivity index (χ0v) is 6.37. The summed E-state index contributed by atoms with van der Waals surface area (Å²) in [6.45, 7) is 0.390. The molecule has 2 N–H and O–H groups in total. The Bertz CT molecular complexity index is 252.